The number of rotatable bonds is 3. The molecule has 0 spiro atoms. The first-order chi connectivity index (χ1) is 8.54. The highest BCUT2D eigenvalue weighted by molar-refractivity contribution is 5.46. The Balaban J connectivity index is 2.16. The number of hydrogen-bond donors (Lipinski definition) is 1. The summed E-state index contributed by atoms with van der Waals surface area (Å²) in [6.07, 6.45) is 0. The predicted octanol–water partition coefficient (Wildman–Crippen LogP) is 4.62. The van der Waals surface area contributed by atoms with E-state index in [4.69, 9.17) is 0 Å². The Kier molecular flexibility index (Phi) is 3.66. The van der Waals surface area contributed by atoms with Gasteiger partial charge in [-0.15, -0.1) is 0 Å². The standard InChI is InChI=1S/C16H18FN/c1-11-8-12(2)10-14(9-11)13(3)18-16-6-4-15(17)5-7-16/h4-10,13,18H,1-3H3. The number of nitrogens with one attached hydrogen (secondary N) is 1. The van der Waals surface area contributed by atoms with Crippen LogP contribution < -0.4 is 5.32 Å². The fraction of sp³-hybridized carbons (Fsp3) is 0.250. The minimum absolute atomic E-state index is 0.203. The predicted molar refractivity (Wildman–Crippen MR) is 74.4 cm³/mol. The molecular weight excluding hydrogens is 225 g/mol. The topological polar surface area (TPSA) is 12.0 Å². The molecule has 0 radical (unpaired) electrons. The van der Waals surface area contributed by atoms with Gasteiger partial charge in [0.25, 0.3) is 0 Å². The Morgan fingerprint density at radius 1 is 0.944 bits per heavy atom. The molecule has 0 aliphatic heterocycles. The average molecular weight is 243 g/mol. The zero-order valence-corrected chi connectivity index (χ0v) is 11.0. The fourth-order valence-electron chi connectivity index (χ4n) is 2.14. The van der Waals surface area contributed by atoms with Crippen molar-refractivity contribution >= 4 is 5.69 Å². The molecule has 2 rings (SSSR count). The third-order valence-electron chi connectivity index (χ3n) is 2.97. The van der Waals surface area contributed by atoms with Crippen LogP contribution in [0.1, 0.15) is 29.7 Å². The Labute approximate surface area is 108 Å². The summed E-state index contributed by atoms with van der Waals surface area (Å²) in [5.74, 6) is -0.209. The lowest BCUT2D eigenvalue weighted by Crippen LogP contribution is -2.07. The molecule has 94 valence electrons. The zero-order chi connectivity index (χ0) is 13.1. The Morgan fingerprint density at radius 2 is 1.50 bits per heavy atom. The van der Waals surface area contributed by atoms with E-state index in [1.807, 2.05) is 0 Å². The first kappa shape index (κ1) is 12.6. The molecule has 0 aliphatic carbocycles. The lowest BCUT2D eigenvalue weighted by molar-refractivity contribution is 0.628. The first-order valence-electron chi connectivity index (χ1n) is 6.15. The summed E-state index contributed by atoms with van der Waals surface area (Å²) in [7, 11) is 0. The van der Waals surface area contributed by atoms with Crippen molar-refractivity contribution in [2.24, 2.45) is 0 Å². The van der Waals surface area contributed by atoms with Gasteiger partial charge in [-0.1, -0.05) is 29.3 Å². The van der Waals surface area contributed by atoms with Gasteiger partial charge in [0.2, 0.25) is 0 Å². The van der Waals surface area contributed by atoms with Crippen molar-refractivity contribution in [3.63, 3.8) is 0 Å². The van der Waals surface area contributed by atoms with E-state index in [0.717, 1.165) is 5.69 Å². The highest BCUT2D eigenvalue weighted by Gasteiger charge is 2.06. The van der Waals surface area contributed by atoms with Gasteiger partial charge in [-0.05, 0) is 50.6 Å². The van der Waals surface area contributed by atoms with Crippen LogP contribution in [0, 0.1) is 19.7 Å². The molecular formula is C16H18FN. The SMILES string of the molecule is Cc1cc(C)cc(C(C)Nc2ccc(F)cc2)c1. The second-order valence-electron chi connectivity index (χ2n) is 4.79. The van der Waals surface area contributed by atoms with E-state index in [0.29, 0.717) is 0 Å². The number of benzene rings is 2. The number of hydrogen-bond acceptors (Lipinski definition) is 1. The van der Waals surface area contributed by atoms with Gasteiger partial charge in [0.1, 0.15) is 5.82 Å². The zero-order valence-electron chi connectivity index (χ0n) is 11.0. The molecule has 0 bridgehead atoms. The molecule has 0 fully saturated rings. The summed E-state index contributed by atoms with van der Waals surface area (Å²) in [6, 6.07) is 13.2. The van der Waals surface area contributed by atoms with Gasteiger partial charge < -0.3 is 5.32 Å². The molecule has 0 aromatic heterocycles. The molecule has 1 unspecified atom stereocenters. The smallest absolute Gasteiger partial charge is 0.123 e. The van der Waals surface area contributed by atoms with Crippen LogP contribution in [0.2, 0.25) is 0 Å². The second-order valence-corrected chi connectivity index (χ2v) is 4.79. The maximum Gasteiger partial charge on any atom is 0.123 e. The van der Waals surface area contributed by atoms with Gasteiger partial charge in [0, 0.05) is 11.7 Å². The van der Waals surface area contributed by atoms with E-state index in [-0.39, 0.29) is 11.9 Å². The van der Waals surface area contributed by atoms with Crippen LogP contribution in [-0.2, 0) is 0 Å². The first-order valence-corrected chi connectivity index (χ1v) is 6.15. The maximum absolute atomic E-state index is 12.8. The summed E-state index contributed by atoms with van der Waals surface area (Å²) in [4.78, 5) is 0. The summed E-state index contributed by atoms with van der Waals surface area (Å²) < 4.78 is 12.8. The molecule has 2 heteroatoms. The van der Waals surface area contributed by atoms with Crippen LogP contribution in [-0.4, -0.2) is 0 Å². The van der Waals surface area contributed by atoms with Crippen molar-refractivity contribution in [1.29, 1.82) is 0 Å². The molecule has 1 N–H and O–H groups in total. The van der Waals surface area contributed by atoms with Gasteiger partial charge in [0.05, 0.1) is 0 Å². The molecule has 18 heavy (non-hydrogen) atoms. The van der Waals surface area contributed by atoms with E-state index in [1.165, 1.54) is 28.8 Å². The molecule has 0 aliphatic rings. The monoisotopic (exact) mass is 243 g/mol. The third-order valence-corrected chi connectivity index (χ3v) is 2.97. The minimum Gasteiger partial charge on any atom is -0.379 e. The summed E-state index contributed by atoms with van der Waals surface area (Å²) in [6.45, 7) is 6.31. The van der Waals surface area contributed by atoms with Gasteiger partial charge >= 0.3 is 0 Å². The second kappa shape index (κ2) is 5.21. The number of halogens is 1. The minimum atomic E-state index is -0.209. The quantitative estimate of drug-likeness (QED) is 0.829. The third kappa shape index (κ3) is 3.10. The van der Waals surface area contributed by atoms with Crippen LogP contribution in [0.25, 0.3) is 0 Å². The maximum atomic E-state index is 12.8. The van der Waals surface area contributed by atoms with Gasteiger partial charge in [-0.2, -0.15) is 0 Å². The van der Waals surface area contributed by atoms with E-state index < -0.39 is 0 Å². The van der Waals surface area contributed by atoms with Crippen LogP contribution in [0.3, 0.4) is 0 Å². The number of aryl methyl sites for hydroxylation is 2. The summed E-state index contributed by atoms with van der Waals surface area (Å²) in [5, 5.41) is 3.37. The summed E-state index contributed by atoms with van der Waals surface area (Å²) in [5.41, 5.74) is 4.70. The van der Waals surface area contributed by atoms with Crippen molar-refractivity contribution in [2.75, 3.05) is 5.32 Å². The molecule has 0 saturated heterocycles. The molecule has 0 saturated carbocycles. The van der Waals surface area contributed by atoms with Crippen molar-refractivity contribution < 1.29 is 4.39 Å². The molecule has 1 atom stereocenters. The average Bonchev–Trinajstić information content (AvgIpc) is 2.31. The molecule has 0 amide bonds. The molecule has 0 heterocycles. The van der Waals surface area contributed by atoms with Gasteiger partial charge in [-0.3, -0.25) is 0 Å². The highest BCUT2D eigenvalue weighted by Crippen LogP contribution is 2.21. The van der Waals surface area contributed by atoms with Crippen LogP contribution in [0.15, 0.2) is 42.5 Å². The van der Waals surface area contributed by atoms with E-state index in [2.05, 4.69) is 44.3 Å². The normalized spacial score (nSPS) is 12.2. The van der Waals surface area contributed by atoms with Crippen LogP contribution in [0.4, 0.5) is 10.1 Å². The van der Waals surface area contributed by atoms with Crippen molar-refractivity contribution in [3.05, 3.63) is 65.0 Å². The van der Waals surface area contributed by atoms with Crippen LogP contribution in [0.5, 0.6) is 0 Å². The Morgan fingerprint density at radius 3 is 2.06 bits per heavy atom. The van der Waals surface area contributed by atoms with Crippen molar-refractivity contribution in [2.45, 2.75) is 26.8 Å². The Bertz CT molecular complexity index is 511. The van der Waals surface area contributed by atoms with E-state index in [1.54, 1.807) is 12.1 Å². The lowest BCUT2D eigenvalue weighted by Gasteiger charge is -2.17. The van der Waals surface area contributed by atoms with Crippen molar-refractivity contribution in [1.82, 2.24) is 0 Å². The number of anilines is 1. The van der Waals surface area contributed by atoms with E-state index >= 15 is 0 Å². The molecule has 1 nitrogen and oxygen atoms in total. The molecule has 2 aromatic rings. The lowest BCUT2D eigenvalue weighted by atomic mass is 10.0. The fourth-order valence-corrected chi connectivity index (χ4v) is 2.14. The van der Waals surface area contributed by atoms with E-state index in [9.17, 15) is 4.39 Å². The summed E-state index contributed by atoms with van der Waals surface area (Å²) >= 11 is 0. The largest absolute Gasteiger partial charge is 0.379 e. The Hall–Kier alpha value is -1.83. The molecule has 2 aromatic carbocycles. The van der Waals surface area contributed by atoms with Gasteiger partial charge in [0.15, 0.2) is 0 Å². The van der Waals surface area contributed by atoms with Crippen molar-refractivity contribution in [3.8, 4) is 0 Å². The highest BCUT2D eigenvalue weighted by atomic mass is 19.1. The van der Waals surface area contributed by atoms with Gasteiger partial charge in [-0.25, -0.2) is 4.39 Å². The van der Waals surface area contributed by atoms with Crippen LogP contribution >= 0.6 is 0 Å².